The molecular formula is C47H40N4. The monoisotopic (exact) mass is 660 g/mol. The number of fused-ring (bicyclic) bond motifs is 6. The molecule has 3 aliphatic rings. The van der Waals surface area contributed by atoms with Crippen molar-refractivity contribution in [1.29, 1.82) is 10.8 Å². The number of allylic oxidation sites excluding steroid dienone is 4. The Morgan fingerprint density at radius 1 is 0.510 bits per heavy atom. The lowest BCUT2D eigenvalue weighted by Crippen LogP contribution is -2.18. The van der Waals surface area contributed by atoms with E-state index < -0.39 is 0 Å². The van der Waals surface area contributed by atoms with Crippen molar-refractivity contribution in [1.82, 2.24) is 4.98 Å². The average Bonchev–Trinajstić information content (AvgIpc) is 3.52. The molecule has 0 saturated heterocycles. The van der Waals surface area contributed by atoms with Crippen LogP contribution >= 0.6 is 0 Å². The molecule has 6 aromatic rings. The second-order valence-electron chi connectivity index (χ2n) is 14.7. The number of benzene rings is 5. The molecule has 51 heavy (non-hydrogen) atoms. The maximum Gasteiger partial charge on any atom is 0.0867 e. The molecule has 0 bridgehead atoms. The lowest BCUT2D eigenvalue weighted by molar-refractivity contribution is 0.660. The van der Waals surface area contributed by atoms with Crippen LogP contribution in [0.4, 0.5) is 5.69 Å². The van der Waals surface area contributed by atoms with Gasteiger partial charge in [-0.2, -0.15) is 0 Å². The minimum atomic E-state index is -0.105. The third-order valence-electron chi connectivity index (χ3n) is 10.8. The molecule has 4 heteroatoms. The second kappa shape index (κ2) is 12.0. The van der Waals surface area contributed by atoms with E-state index in [0.717, 1.165) is 39.1 Å². The molecule has 0 unspecified atom stereocenters. The molecule has 1 aromatic heterocycles. The molecular weight excluding hydrogens is 621 g/mol. The number of nitrogen functional groups attached to an aromatic ring is 1. The van der Waals surface area contributed by atoms with Gasteiger partial charge in [0, 0.05) is 40.0 Å². The maximum absolute atomic E-state index is 8.80. The molecule has 4 nitrogen and oxygen atoms in total. The van der Waals surface area contributed by atoms with Crippen LogP contribution in [-0.2, 0) is 10.8 Å². The van der Waals surface area contributed by atoms with Crippen LogP contribution in [0.2, 0.25) is 0 Å². The van der Waals surface area contributed by atoms with E-state index in [1.807, 2.05) is 48.7 Å². The first-order valence-electron chi connectivity index (χ1n) is 17.4. The van der Waals surface area contributed by atoms with E-state index in [1.165, 1.54) is 44.5 Å². The number of hydrogen-bond acceptors (Lipinski definition) is 4. The van der Waals surface area contributed by atoms with Gasteiger partial charge in [0.05, 0.1) is 11.4 Å². The summed E-state index contributed by atoms with van der Waals surface area (Å²) in [5.41, 5.74) is 23.3. The van der Waals surface area contributed by atoms with Crippen molar-refractivity contribution in [2.24, 2.45) is 0 Å². The highest BCUT2D eigenvalue weighted by Gasteiger charge is 2.37. The maximum atomic E-state index is 8.80. The summed E-state index contributed by atoms with van der Waals surface area (Å²) >= 11 is 0. The van der Waals surface area contributed by atoms with E-state index in [9.17, 15) is 0 Å². The summed E-state index contributed by atoms with van der Waals surface area (Å²) in [5.74, 6) is 0. The molecule has 0 saturated carbocycles. The van der Waals surface area contributed by atoms with Gasteiger partial charge in [-0.3, -0.25) is 15.8 Å². The molecule has 0 spiro atoms. The summed E-state index contributed by atoms with van der Waals surface area (Å²) < 4.78 is 0. The molecule has 3 aliphatic carbocycles. The van der Waals surface area contributed by atoms with Gasteiger partial charge in [-0.1, -0.05) is 119 Å². The number of nitrogens with one attached hydrogen (secondary N) is 2. The van der Waals surface area contributed by atoms with Crippen molar-refractivity contribution in [3.63, 3.8) is 0 Å². The van der Waals surface area contributed by atoms with Crippen LogP contribution in [0.15, 0.2) is 146 Å². The Morgan fingerprint density at radius 3 is 1.69 bits per heavy atom. The summed E-state index contributed by atoms with van der Waals surface area (Å²) in [7, 11) is 0. The number of aromatic nitrogens is 1. The van der Waals surface area contributed by atoms with Gasteiger partial charge in [-0.25, -0.2) is 0 Å². The minimum Gasteiger partial charge on any atom is -0.399 e. The number of anilines is 1. The van der Waals surface area contributed by atoms with Crippen molar-refractivity contribution < 1.29 is 0 Å². The molecule has 5 aromatic carbocycles. The molecule has 0 fully saturated rings. The number of rotatable bonds is 3. The van der Waals surface area contributed by atoms with E-state index in [2.05, 4.69) is 124 Å². The highest BCUT2D eigenvalue weighted by Crippen LogP contribution is 2.51. The van der Waals surface area contributed by atoms with E-state index in [1.54, 1.807) is 6.20 Å². The first-order chi connectivity index (χ1) is 24.5. The van der Waals surface area contributed by atoms with Crippen molar-refractivity contribution >= 4 is 28.3 Å². The fourth-order valence-corrected chi connectivity index (χ4v) is 8.04. The van der Waals surface area contributed by atoms with Gasteiger partial charge in [-0.15, -0.1) is 0 Å². The van der Waals surface area contributed by atoms with E-state index in [0.29, 0.717) is 0 Å². The molecule has 4 N–H and O–H groups in total. The number of nitrogens with two attached hydrogens (primary N) is 1. The van der Waals surface area contributed by atoms with Crippen molar-refractivity contribution in [3.05, 3.63) is 179 Å². The number of pyridine rings is 1. The molecule has 0 radical (unpaired) electrons. The molecule has 0 atom stereocenters. The number of hydrogen-bond donors (Lipinski definition) is 3. The molecule has 9 rings (SSSR count). The Bertz CT molecular complexity index is 2460. The van der Waals surface area contributed by atoms with Gasteiger partial charge in [0.15, 0.2) is 0 Å². The highest BCUT2D eigenvalue weighted by molar-refractivity contribution is 6.61. The summed E-state index contributed by atoms with van der Waals surface area (Å²) in [6.07, 6.45) is 7.54. The van der Waals surface area contributed by atoms with E-state index >= 15 is 0 Å². The Hall–Kier alpha value is -6.13. The quantitative estimate of drug-likeness (QED) is 0.130. The molecule has 0 aliphatic heterocycles. The van der Waals surface area contributed by atoms with Crippen LogP contribution in [0, 0.1) is 10.8 Å². The Kier molecular flexibility index (Phi) is 7.57. The van der Waals surface area contributed by atoms with Crippen LogP contribution < -0.4 is 5.73 Å². The zero-order valence-corrected chi connectivity index (χ0v) is 29.4. The Morgan fingerprint density at radius 2 is 1.08 bits per heavy atom. The zero-order chi connectivity index (χ0) is 35.5. The predicted molar refractivity (Wildman–Crippen MR) is 214 cm³/mol. The smallest absolute Gasteiger partial charge is 0.0867 e. The van der Waals surface area contributed by atoms with Crippen LogP contribution in [0.25, 0.3) is 44.5 Å². The summed E-state index contributed by atoms with van der Waals surface area (Å²) in [6, 6.07) is 42.3. The fourth-order valence-electron chi connectivity index (χ4n) is 8.04. The molecule has 1 heterocycles. The first kappa shape index (κ1) is 32.1. The van der Waals surface area contributed by atoms with Crippen LogP contribution in [-0.4, -0.2) is 16.4 Å². The Labute approximate surface area is 300 Å². The third-order valence-corrected chi connectivity index (χ3v) is 10.8. The van der Waals surface area contributed by atoms with Gasteiger partial charge in [0.1, 0.15) is 0 Å². The third kappa shape index (κ3) is 5.35. The van der Waals surface area contributed by atoms with E-state index in [4.69, 9.17) is 16.6 Å². The predicted octanol–water partition coefficient (Wildman–Crippen LogP) is 11.2. The van der Waals surface area contributed by atoms with E-state index in [-0.39, 0.29) is 22.3 Å². The lowest BCUT2D eigenvalue weighted by atomic mass is 9.80. The summed E-state index contributed by atoms with van der Waals surface area (Å²) in [6.45, 7) is 9.14. The van der Waals surface area contributed by atoms with Crippen LogP contribution in [0.3, 0.4) is 0 Å². The second-order valence-corrected chi connectivity index (χ2v) is 14.7. The van der Waals surface area contributed by atoms with Gasteiger partial charge < -0.3 is 5.73 Å². The highest BCUT2D eigenvalue weighted by atomic mass is 14.6. The average molecular weight is 661 g/mol. The lowest BCUT2D eigenvalue weighted by Gasteiger charge is -2.24. The van der Waals surface area contributed by atoms with Crippen LogP contribution in [0.1, 0.15) is 61.1 Å². The zero-order valence-electron chi connectivity index (χ0n) is 29.4. The van der Waals surface area contributed by atoms with Crippen molar-refractivity contribution in [2.75, 3.05) is 5.73 Å². The van der Waals surface area contributed by atoms with Gasteiger partial charge in [0.2, 0.25) is 0 Å². The van der Waals surface area contributed by atoms with Gasteiger partial charge in [-0.05, 0) is 109 Å². The topological polar surface area (TPSA) is 86.6 Å². The summed E-state index contributed by atoms with van der Waals surface area (Å²) in [4.78, 5) is 4.05. The summed E-state index contributed by atoms with van der Waals surface area (Å²) in [5, 5.41) is 17.5. The first-order valence-corrected chi connectivity index (χ1v) is 17.4. The normalized spacial score (nSPS) is 15.8. The largest absolute Gasteiger partial charge is 0.399 e. The fraction of sp³-hybridized carbons (Fsp3) is 0.128. The SMILES string of the molecule is CC1(C)c2ccccc2-c2ccc(C3=CC(=N)C(=N)C(c4ccc5c(c4)C(C)(C)c4ccccc4-5)=C3)cc21.Nc1cccc(-c2cccnc2)c1. The molecule has 248 valence electrons. The van der Waals surface area contributed by atoms with Crippen molar-refractivity contribution in [2.45, 2.75) is 38.5 Å². The van der Waals surface area contributed by atoms with Crippen molar-refractivity contribution in [3.8, 4) is 33.4 Å². The van der Waals surface area contributed by atoms with Gasteiger partial charge >= 0.3 is 0 Å². The minimum absolute atomic E-state index is 0.0789. The van der Waals surface area contributed by atoms with Crippen LogP contribution in [0.5, 0.6) is 0 Å². The Balaban J connectivity index is 0.000000242. The van der Waals surface area contributed by atoms with Gasteiger partial charge in [0.25, 0.3) is 0 Å². The number of nitrogens with zero attached hydrogens (tertiary/aromatic N) is 1. The standard InChI is InChI=1S/C36H30N2.C11H10N2/c1-35(2)29-11-7-5-9-24(29)26-15-13-21(18-31(26)35)23-17-28(34(38)33(37)20-23)22-14-16-27-25-10-6-8-12-30(25)36(3,4)32(27)19-22;12-11-5-1-3-9(7-11)10-4-2-6-13-8-10/h5-20,37-38H,1-4H3;1-8H,12H2. The molecule has 0 amide bonds.